The second-order valence-electron chi connectivity index (χ2n) is 8.84. The second-order valence-corrected chi connectivity index (χ2v) is 8.84. The fraction of sp³-hybridized carbons (Fsp3) is 0.379. The average Bonchev–Trinajstić information content (AvgIpc) is 2.80. The van der Waals surface area contributed by atoms with Crippen LogP contribution in [0.3, 0.4) is 0 Å². The minimum atomic E-state index is 0.689. The highest BCUT2D eigenvalue weighted by atomic mass is 16.5. The standard InChI is InChI=1S/C29H34O/c1-4-5-22-6-8-26(9-7-22)29-19-16-27(20-21(29)2)25-12-10-23(11-13-25)24-14-17-28(30-3)18-15-24/h6-9,14-20,23,25H,4-5,10-13H2,1-3H3. The molecule has 1 heteroatoms. The van der Waals surface area contributed by atoms with Crippen LogP contribution >= 0.6 is 0 Å². The highest BCUT2D eigenvalue weighted by molar-refractivity contribution is 5.68. The van der Waals surface area contributed by atoms with Gasteiger partial charge in [0.15, 0.2) is 0 Å². The van der Waals surface area contributed by atoms with Gasteiger partial charge in [0.1, 0.15) is 5.75 Å². The third-order valence-electron chi connectivity index (χ3n) is 6.84. The van der Waals surface area contributed by atoms with Gasteiger partial charge in [-0.3, -0.25) is 0 Å². The van der Waals surface area contributed by atoms with Crippen molar-refractivity contribution >= 4 is 0 Å². The molecule has 0 N–H and O–H groups in total. The smallest absolute Gasteiger partial charge is 0.118 e. The molecule has 1 aliphatic rings. The molecule has 4 rings (SSSR count). The van der Waals surface area contributed by atoms with Gasteiger partial charge in [-0.2, -0.15) is 0 Å². The molecule has 0 aliphatic heterocycles. The summed E-state index contributed by atoms with van der Waals surface area (Å²) in [6.07, 6.45) is 7.47. The largest absolute Gasteiger partial charge is 0.497 e. The summed E-state index contributed by atoms with van der Waals surface area (Å²) in [5.74, 6) is 2.33. The minimum absolute atomic E-state index is 0.689. The molecule has 0 atom stereocenters. The number of methoxy groups -OCH3 is 1. The van der Waals surface area contributed by atoms with Crippen LogP contribution in [0.2, 0.25) is 0 Å². The lowest BCUT2D eigenvalue weighted by molar-refractivity contribution is 0.394. The van der Waals surface area contributed by atoms with Gasteiger partial charge in [-0.25, -0.2) is 0 Å². The lowest BCUT2D eigenvalue weighted by Gasteiger charge is -2.29. The van der Waals surface area contributed by atoms with Crippen LogP contribution in [-0.4, -0.2) is 7.11 Å². The molecular weight excluding hydrogens is 364 g/mol. The number of benzene rings is 3. The summed E-state index contributed by atoms with van der Waals surface area (Å²) in [7, 11) is 1.73. The van der Waals surface area contributed by atoms with Crippen molar-refractivity contribution in [3.8, 4) is 16.9 Å². The first kappa shape index (κ1) is 20.7. The van der Waals surface area contributed by atoms with Crippen molar-refractivity contribution in [3.05, 3.63) is 89.0 Å². The van der Waals surface area contributed by atoms with E-state index in [2.05, 4.69) is 80.6 Å². The van der Waals surface area contributed by atoms with Gasteiger partial charge in [0.2, 0.25) is 0 Å². The highest BCUT2D eigenvalue weighted by Crippen LogP contribution is 2.41. The Hall–Kier alpha value is -2.54. The number of hydrogen-bond acceptors (Lipinski definition) is 1. The summed E-state index contributed by atoms with van der Waals surface area (Å²) in [5.41, 5.74) is 8.52. The molecule has 1 saturated carbocycles. The van der Waals surface area contributed by atoms with Crippen LogP contribution in [-0.2, 0) is 6.42 Å². The number of aryl methyl sites for hydroxylation is 2. The van der Waals surface area contributed by atoms with Crippen molar-refractivity contribution in [1.29, 1.82) is 0 Å². The highest BCUT2D eigenvalue weighted by Gasteiger charge is 2.24. The van der Waals surface area contributed by atoms with E-state index in [0.717, 1.165) is 12.2 Å². The van der Waals surface area contributed by atoms with E-state index < -0.39 is 0 Å². The fourth-order valence-corrected chi connectivity index (χ4v) is 5.04. The fourth-order valence-electron chi connectivity index (χ4n) is 5.04. The van der Waals surface area contributed by atoms with E-state index in [1.54, 1.807) is 7.11 Å². The molecule has 0 unspecified atom stereocenters. The van der Waals surface area contributed by atoms with Gasteiger partial charge in [0.05, 0.1) is 7.11 Å². The van der Waals surface area contributed by atoms with Crippen LogP contribution in [0.4, 0.5) is 0 Å². The molecule has 0 spiro atoms. The van der Waals surface area contributed by atoms with Crippen molar-refractivity contribution in [2.24, 2.45) is 0 Å². The lowest BCUT2D eigenvalue weighted by atomic mass is 9.76. The van der Waals surface area contributed by atoms with E-state index in [-0.39, 0.29) is 0 Å². The Balaban J connectivity index is 1.42. The Labute approximate surface area is 182 Å². The summed E-state index contributed by atoms with van der Waals surface area (Å²) in [4.78, 5) is 0. The average molecular weight is 399 g/mol. The predicted octanol–water partition coefficient (Wildman–Crippen LogP) is 8.06. The lowest BCUT2D eigenvalue weighted by Crippen LogP contribution is -2.12. The number of ether oxygens (including phenoxy) is 1. The Kier molecular flexibility index (Phi) is 6.57. The molecule has 156 valence electrons. The third-order valence-corrected chi connectivity index (χ3v) is 6.84. The van der Waals surface area contributed by atoms with Gasteiger partial charge in [-0.15, -0.1) is 0 Å². The summed E-state index contributed by atoms with van der Waals surface area (Å²) >= 11 is 0. The number of hydrogen-bond donors (Lipinski definition) is 0. The van der Waals surface area contributed by atoms with Crippen LogP contribution in [0.5, 0.6) is 5.75 Å². The van der Waals surface area contributed by atoms with Crippen molar-refractivity contribution in [3.63, 3.8) is 0 Å². The van der Waals surface area contributed by atoms with Gasteiger partial charge < -0.3 is 4.74 Å². The molecule has 0 bridgehead atoms. The first-order valence-corrected chi connectivity index (χ1v) is 11.5. The molecule has 1 nitrogen and oxygen atoms in total. The van der Waals surface area contributed by atoms with Crippen molar-refractivity contribution in [2.45, 2.75) is 64.2 Å². The van der Waals surface area contributed by atoms with Crippen LogP contribution in [0.15, 0.2) is 66.7 Å². The molecule has 3 aromatic rings. The first-order chi connectivity index (χ1) is 14.7. The second kappa shape index (κ2) is 9.51. The molecule has 0 amide bonds. The zero-order chi connectivity index (χ0) is 20.9. The van der Waals surface area contributed by atoms with Gasteiger partial charge in [-0.05, 0) is 96.4 Å². The molecule has 0 aromatic heterocycles. The monoisotopic (exact) mass is 398 g/mol. The minimum Gasteiger partial charge on any atom is -0.497 e. The topological polar surface area (TPSA) is 9.23 Å². The Morgan fingerprint density at radius 1 is 0.767 bits per heavy atom. The van der Waals surface area contributed by atoms with Crippen LogP contribution in [0.25, 0.3) is 11.1 Å². The van der Waals surface area contributed by atoms with Gasteiger partial charge in [0.25, 0.3) is 0 Å². The molecule has 3 aromatic carbocycles. The summed E-state index contributed by atoms with van der Waals surface area (Å²) in [5, 5.41) is 0. The van der Waals surface area contributed by atoms with E-state index in [9.17, 15) is 0 Å². The van der Waals surface area contributed by atoms with E-state index in [0.29, 0.717) is 11.8 Å². The van der Waals surface area contributed by atoms with E-state index in [1.807, 2.05) is 0 Å². The maximum absolute atomic E-state index is 5.30. The number of rotatable bonds is 6. The maximum atomic E-state index is 5.30. The van der Waals surface area contributed by atoms with Crippen molar-refractivity contribution in [1.82, 2.24) is 0 Å². The maximum Gasteiger partial charge on any atom is 0.118 e. The van der Waals surface area contributed by atoms with Crippen molar-refractivity contribution in [2.75, 3.05) is 7.11 Å². The molecule has 1 aliphatic carbocycles. The summed E-state index contributed by atoms with van der Waals surface area (Å²) in [6.45, 7) is 4.50. The first-order valence-electron chi connectivity index (χ1n) is 11.5. The van der Waals surface area contributed by atoms with Gasteiger partial charge in [-0.1, -0.05) is 67.9 Å². The van der Waals surface area contributed by atoms with Crippen LogP contribution in [0, 0.1) is 6.92 Å². The summed E-state index contributed by atoms with van der Waals surface area (Å²) < 4.78 is 5.30. The zero-order valence-corrected chi connectivity index (χ0v) is 18.7. The van der Waals surface area contributed by atoms with E-state index in [4.69, 9.17) is 4.74 Å². The molecule has 30 heavy (non-hydrogen) atoms. The summed E-state index contributed by atoms with van der Waals surface area (Å²) in [6, 6.07) is 25.0. The normalized spacial score (nSPS) is 18.9. The van der Waals surface area contributed by atoms with Gasteiger partial charge >= 0.3 is 0 Å². The van der Waals surface area contributed by atoms with E-state index in [1.165, 1.54) is 65.5 Å². The zero-order valence-electron chi connectivity index (χ0n) is 18.7. The predicted molar refractivity (Wildman–Crippen MR) is 128 cm³/mol. The van der Waals surface area contributed by atoms with Crippen LogP contribution < -0.4 is 4.74 Å². The van der Waals surface area contributed by atoms with Gasteiger partial charge in [0, 0.05) is 0 Å². The molecular formula is C29H34O. The Bertz CT molecular complexity index is 945. The molecule has 0 saturated heterocycles. The Morgan fingerprint density at radius 2 is 1.37 bits per heavy atom. The SMILES string of the molecule is CCCc1ccc(-c2ccc(C3CCC(c4ccc(OC)cc4)CC3)cc2C)cc1. The van der Waals surface area contributed by atoms with Crippen molar-refractivity contribution < 1.29 is 4.74 Å². The molecule has 0 radical (unpaired) electrons. The quantitative estimate of drug-likeness (QED) is 0.408. The van der Waals surface area contributed by atoms with E-state index >= 15 is 0 Å². The Morgan fingerprint density at radius 3 is 1.93 bits per heavy atom. The van der Waals surface area contributed by atoms with Crippen LogP contribution in [0.1, 0.15) is 73.1 Å². The molecule has 0 heterocycles. The third kappa shape index (κ3) is 4.61. The molecule has 1 fully saturated rings.